The number of anilines is 1. The van der Waals surface area contributed by atoms with Gasteiger partial charge in [-0.3, -0.25) is 4.90 Å². The molecule has 1 spiro atoms. The molecule has 0 bridgehead atoms. The second kappa shape index (κ2) is 7.18. The van der Waals surface area contributed by atoms with Crippen LogP contribution < -0.4 is 10.2 Å². The highest BCUT2D eigenvalue weighted by molar-refractivity contribution is 5.95. The van der Waals surface area contributed by atoms with Gasteiger partial charge in [0.25, 0.3) is 0 Å². The fraction of sp³-hybridized carbons (Fsp3) is 0.417. The first-order valence-corrected chi connectivity index (χ1v) is 10.8. The Bertz CT molecular complexity index is 1080. The maximum atomic E-state index is 12.8. The summed E-state index contributed by atoms with van der Waals surface area (Å²) in [5.41, 5.74) is 3.62. The molecular formula is C24H27N5O2. The number of urea groups is 1. The van der Waals surface area contributed by atoms with Gasteiger partial charge in [-0.25, -0.2) is 14.8 Å². The lowest BCUT2D eigenvalue weighted by Gasteiger charge is -2.43. The normalized spacial score (nSPS) is 25.8. The molecule has 160 valence electrons. The molecule has 31 heavy (non-hydrogen) atoms. The number of carbonyl (C=O) groups is 1. The Morgan fingerprint density at radius 3 is 2.32 bits per heavy atom. The number of aromatic nitrogens is 3. The summed E-state index contributed by atoms with van der Waals surface area (Å²) < 4.78 is 5.22. The van der Waals surface area contributed by atoms with Crippen LogP contribution in [0.15, 0.2) is 47.2 Å². The quantitative estimate of drug-likeness (QED) is 0.676. The highest BCUT2D eigenvalue weighted by atomic mass is 16.5. The van der Waals surface area contributed by atoms with Gasteiger partial charge in [0.2, 0.25) is 0 Å². The zero-order chi connectivity index (χ0) is 21.6. The van der Waals surface area contributed by atoms with E-state index in [4.69, 9.17) is 4.52 Å². The van der Waals surface area contributed by atoms with Gasteiger partial charge in [0.05, 0.1) is 41.4 Å². The number of hydrogen-bond acceptors (Lipinski definition) is 5. The van der Waals surface area contributed by atoms with Crippen molar-refractivity contribution in [3.8, 4) is 11.4 Å². The molecular weight excluding hydrogens is 390 g/mol. The van der Waals surface area contributed by atoms with Gasteiger partial charge in [0, 0.05) is 0 Å². The molecule has 1 N–H and O–H groups in total. The third-order valence-corrected chi connectivity index (χ3v) is 7.07. The molecule has 0 atom stereocenters. The standard InChI is InChI=1S/C24H27N5O2/c1-16-20(17(2)31-28-16)21-25-13-19(14-26-21)29-15-24(27-22(29)30)11-9-23(3,10-12-24)18-7-5-4-6-8-18/h4-8,13-14H,9-12,15H2,1-3H3,(H,27,30). The summed E-state index contributed by atoms with van der Waals surface area (Å²) in [5.74, 6) is 1.25. The van der Waals surface area contributed by atoms with Gasteiger partial charge < -0.3 is 9.84 Å². The van der Waals surface area contributed by atoms with Gasteiger partial charge in [0.1, 0.15) is 5.76 Å². The average molecular weight is 418 g/mol. The van der Waals surface area contributed by atoms with Crippen LogP contribution in [0, 0.1) is 13.8 Å². The van der Waals surface area contributed by atoms with E-state index in [1.54, 1.807) is 17.3 Å². The number of carbonyl (C=O) groups excluding carboxylic acids is 1. The molecule has 2 aliphatic rings. The topological polar surface area (TPSA) is 84.2 Å². The lowest BCUT2D eigenvalue weighted by molar-refractivity contribution is 0.199. The van der Waals surface area contributed by atoms with Crippen LogP contribution in [0.4, 0.5) is 10.5 Å². The van der Waals surface area contributed by atoms with Crippen molar-refractivity contribution in [1.82, 2.24) is 20.4 Å². The molecule has 1 aliphatic carbocycles. The Morgan fingerprint density at radius 1 is 1.03 bits per heavy atom. The monoisotopic (exact) mass is 417 g/mol. The Kier molecular flexibility index (Phi) is 4.57. The minimum atomic E-state index is -0.189. The SMILES string of the molecule is Cc1noc(C)c1-c1ncc(N2CC3(CCC(C)(c4ccccc4)CC3)NC2=O)cn1. The van der Waals surface area contributed by atoms with Crippen molar-refractivity contribution < 1.29 is 9.32 Å². The number of aryl methyl sites for hydroxylation is 2. The molecule has 1 aliphatic heterocycles. The highest BCUT2D eigenvalue weighted by Gasteiger charge is 2.48. The largest absolute Gasteiger partial charge is 0.361 e. The van der Waals surface area contributed by atoms with Crippen LogP contribution in [0.3, 0.4) is 0 Å². The van der Waals surface area contributed by atoms with E-state index in [0.29, 0.717) is 23.8 Å². The second-order valence-corrected chi connectivity index (χ2v) is 9.19. The van der Waals surface area contributed by atoms with Crippen LogP contribution in [-0.4, -0.2) is 33.2 Å². The van der Waals surface area contributed by atoms with Crippen molar-refractivity contribution in [1.29, 1.82) is 0 Å². The van der Waals surface area contributed by atoms with Gasteiger partial charge in [-0.15, -0.1) is 0 Å². The zero-order valence-electron chi connectivity index (χ0n) is 18.2. The Labute approximate surface area is 181 Å². The summed E-state index contributed by atoms with van der Waals surface area (Å²) in [5, 5.41) is 7.24. The number of amides is 2. The first-order chi connectivity index (χ1) is 14.9. The smallest absolute Gasteiger partial charge is 0.322 e. The summed E-state index contributed by atoms with van der Waals surface area (Å²) in [6.45, 7) is 6.69. The van der Waals surface area contributed by atoms with Crippen LogP contribution in [-0.2, 0) is 5.41 Å². The van der Waals surface area contributed by atoms with E-state index < -0.39 is 0 Å². The van der Waals surface area contributed by atoms with Crippen molar-refractivity contribution in [2.24, 2.45) is 0 Å². The average Bonchev–Trinajstić information content (AvgIpc) is 3.30. The predicted molar refractivity (Wildman–Crippen MR) is 118 cm³/mol. The molecule has 3 aromatic rings. The third-order valence-electron chi connectivity index (χ3n) is 7.07. The molecule has 2 aromatic heterocycles. The van der Waals surface area contributed by atoms with E-state index in [9.17, 15) is 4.79 Å². The minimum Gasteiger partial charge on any atom is -0.361 e. The van der Waals surface area contributed by atoms with Crippen molar-refractivity contribution in [3.05, 3.63) is 59.7 Å². The highest BCUT2D eigenvalue weighted by Crippen LogP contribution is 2.45. The fourth-order valence-electron chi connectivity index (χ4n) is 5.00. The summed E-state index contributed by atoms with van der Waals surface area (Å²) in [7, 11) is 0. The van der Waals surface area contributed by atoms with E-state index in [1.165, 1.54) is 5.56 Å². The number of benzene rings is 1. The molecule has 0 unspecified atom stereocenters. The third kappa shape index (κ3) is 3.38. The molecule has 2 amide bonds. The van der Waals surface area contributed by atoms with Gasteiger partial charge in [-0.05, 0) is 50.5 Å². The van der Waals surface area contributed by atoms with Crippen molar-refractivity contribution in [2.75, 3.05) is 11.4 Å². The number of nitrogens with zero attached hydrogens (tertiary/aromatic N) is 4. The number of rotatable bonds is 3. The molecule has 7 heteroatoms. The van der Waals surface area contributed by atoms with Crippen molar-refractivity contribution in [3.63, 3.8) is 0 Å². The first kappa shape index (κ1) is 19.7. The lowest BCUT2D eigenvalue weighted by atomic mass is 9.65. The maximum absolute atomic E-state index is 12.8. The van der Waals surface area contributed by atoms with Crippen LogP contribution in [0.1, 0.15) is 49.6 Å². The lowest BCUT2D eigenvalue weighted by Crippen LogP contribution is -2.49. The number of hydrogen-bond donors (Lipinski definition) is 1. The van der Waals surface area contributed by atoms with Crippen LogP contribution in [0.5, 0.6) is 0 Å². The van der Waals surface area contributed by atoms with Crippen LogP contribution in [0.25, 0.3) is 11.4 Å². The van der Waals surface area contributed by atoms with Gasteiger partial charge in [-0.2, -0.15) is 0 Å². The Balaban J connectivity index is 1.32. The molecule has 2 fully saturated rings. The van der Waals surface area contributed by atoms with Crippen LogP contribution >= 0.6 is 0 Å². The maximum Gasteiger partial charge on any atom is 0.322 e. The molecule has 7 nitrogen and oxygen atoms in total. The molecule has 5 rings (SSSR count). The summed E-state index contributed by atoms with van der Waals surface area (Å²) >= 11 is 0. The molecule has 1 saturated carbocycles. The van der Waals surface area contributed by atoms with Crippen molar-refractivity contribution >= 4 is 11.7 Å². The Morgan fingerprint density at radius 2 is 1.71 bits per heavy atom. The number of nitrogens with one attached hydrogen (secondary N) is 1. The fourth-order valence-corrected chi connectivity index (χ4v) is 5.00. The van der Waals surface area contributed by atoms with E-state index in [-0.39, 0.29) is 17.0 Å². The van der Waals surface area contributed by atoms with E-state index in [1.807, 2.05) is 13.8 Å². The van der Waals surface area contributed by atoms with E-state index >= 15 is 0 Å². The summed E-state index contributed by atoms with van der Waals surface area (Å²) in [4.78, 5) is 23.6. The van der Waals surface area contributed by atoms with Gasteiger partial charge in [0.15, 0.2) is 5.82 Å². The summed E-state index contributed by atoms with van der Waals surface area (Å²) in [6.07, 6.45) is 7.43. The minimum absolute atomic E-state index is 0.0722. The van der Waals surface area contributed by atoms with E-state index in [0.717, 1.165) is 36.9 Å². The second-order valence-electron chi connectivity index (χ2n) is 9.19. The molecule has 3 heterocycles. The van der Waals surface area contributed by atoms with Crippen LogP contribution in [0.2, 0.25) is 0 Å². The molecule has 0 radical (unpaired) electrons. The summed E-state index contributed by atoms with van der Waals surface area (Å²) in [6, 6.07) is 10.6. The first-order valence-electron chi connectivity index (χ1n) is 10.8. The van der Waals surface area contributed by atoms with Gasteiger partial charge >= 0.3 is 6.03 Å². The molecule has 1 saturated heterocycles. The predicted octanol–water partition coefficient (Wildman–Crippen LogP) is 4.55. The van der Waals surface area contributed by atoms with E-state index in [2.05, 4.69) is 57.7 Å². The Hall–Kier alpha value is -3.22. The zero-order valence-corrected chi connectivity index (χ0v) is 18.2. The van der Waals surface area contributed by atoms with Crippen molar-refractivity contribution in [2.45, 2.75) is 57.4 Å². The van der Waals surface area contributed by atoms with Gasteiger partial charge in [-0.1, -0.05) is 42.4 Å². The molecule has 1 aromatic carbocycles.